The molecule has 0 unspecified atom stereocenters. The van der Waals surface area contributed by atoms with Gasteiger partial charge < -0.3 is 0 Å². The third kappa shape index (κ3) is 2.13. The molecule has 0 amide bonds. The van der Waals surface area contributed by atoms with Gasteiger partial charge in [-0.1, -0.05) is 24.3 Å². The van der Waals surface area contributed by atoms with Gasteiger partial charge >= 0.3 is 0 Å². The van der Waals surface area contributed by atoms with Crippen LogP contribution in [0.25, 0.3) is 5.57 Å². The Morgan fingerprint density at radius 1 is 1.06 bits per heavy atom. The summed E-state index contributed by atoms with van der Waals surface area (Å²) in [6, 6.07) is 6.66. The van der Waals surface area contributed by atoms with Crippen molar-refractivity contribution in [3.63, 3.8) is 0 Å². The van der Waals surface area contributed by atoms with Crippen molar-refractivity contribution in [2.45, 2.75) is 26.7 Å². The van der Waals surface area contributed by atoms with E-state index in [1.807, 2.05) is 0 Å². The molecule has 82 valence electrons. The minimum absolute atomic E-state index is 1.00. The summed E-state index contributed by atoms with van der Waals surface area (Å²) >= 11 is 0. The lowest BCUT2D eigenvalue weighted by atomic mass is 9.94. The van der Waals surface area contributed by atoms with Crippen LogP contribution in [-0.2, 0) is 0 Å². The summed E-state index contributed by atoms with van der Waals surface area (Å²) in [6.45, 7) is 7.87. The van der Waals surface area contributed by atoms with Crippen LogP contribution in [0.1, 0.15) is 29.5 Å². The normalized spacial score (nSPS) is 15.4. The zero-order valence-electron chi connectivity index (χ0n) is 9.96. The quantitative estimate of drug-likeness (QED) is 0.654. The number of hydrogen-bond donors (Lipinski definition) is 0. The van der Waals surface area contributed by atoms with Crippen molar-refractivity contribution in [3.05, 3.63) is 52.7 Å². The van der Waals surface area contributed by atoms with Gasteiger partial charge in [-0.2, -0.15) is 0 Å². The summed E-state index contributed by atoms with van der Waals surface area (Å²) < 4.78 is 0. The molecule has 16 heavy (non-hydrogen) atoms. The number of allylic oxidation sites excluding steroid dienone is 4. The molecule has 2 rings (SSSR count). The second-order valence-corrected chi connectivity index (χ2v) is 4.31. The van der Waals surface area contributed by atoms with Gasteiger partial charge in [0.05, 0.1) is 0 Å². The molecule has 0 saturated carbocycles. The van der Waals surface area contributed by atoms with Gasteiger partial charge in [-0.15, -0.1) is 0 Å². The topological polar surface area (TPSA) is 12.4 Å². The molecule has 1 aliphatic rings. The fraction of sp³-hybridized carbons (Fsp3) is 0.267. The summed E-state index contributed by atoms with van der Waals surface area (Å²) in [7, 11) is 0. The van der Waals surface area contributed by atoms with E-state index in [0.717, 1.165) is 18.5 Å². The maximum Gasteiger partial charge on any atom is 0.0399 e. The van der Waals surface area contributed by atoms with E-state index in [9.17, 15) is 0 Å². The van der Waals surface area contributed by atoms with E-state index in [1.165, 1.54) is 22.3 Å². The number of nitrogens with zero attached hydrogens (tertiary/aromatic N) is 1. The van der Waals surface area contributed by atoms with Gasteiger partial charge in [0.2, 0.25) is 0 Å². The number of rotatable bonds is 2. The molecule has 0 heterocycles. The Morgan fingerprint density at radius 3 is 2.44 bits per heavy atom. The number of aryl methyl sites for hydroxylation is 2. The molecule has 1 aromatic rings. The zero-order chi connectivity index (χ0) is 11.5. The Kier molecular flexibility index (Phi) is 3.04. The molecule has 1 nitrogen and oxygen atoms in total. The van der Waals surface area contributed by atoms with Gasteiger partial charge in [0.1, 0.15) is 0 Å². The summed E-state index contributed by atoms with van der Waals surface area (Å²) in [5.74, 6) is 0. The lowest BCUT2D eigenvalue weighted by Gasteiger charge is -2.13. The molecule has 0 radical (unpaired) electrons. The molecule has 1 aliphatic carbocycles. The second kappa shape index (κ2) is 4.48. The van der Waals surface area contributed by atoms with Crippen molar-refractivity contribution >= 4 is 12.3 Å². The highest BCUT2D eigenvalue weighted by atomic mass is 14.7. The fourth-order valence-corrected chi connectivity index (χ4v) is 1.94. The summed E-state index contributed by atoms with van der Waals surface area (Å²) in [6.07, 6.45) is 6.30. The van der Waals surface area contributed by atoms with Crippen LogP contribution >= 0.6 is 0 Å². The molecule has 0 fully saturated rings. The van der Waals surface area contributed by atoms with Crippen LogP contribution in [-0.4, -0.2) is 6.72 Å². The van der Waals surface area contributed by atoms with E-state index in [2.05, 4.69) is 55.9 Å². The lowest BCUT2D eigenvalue weighted by molar-refractivity contribution is 0.962. The molecule has 0 bridgehead atoms. The van der Waals surface area contributed by atoms with Gasteiger partial charge in [0.25, 0.3) is 0 Å². The Bertz CT molecular complexity index is 478. The van der Waals surface area contributed by atoms with Crippen LogP contribution in [0.4, 0.5) is 0 Å². The molecule has 0 aromatic heterocycles. The molecule has 1 aromatic carbocycles. The Hall–Kier alpha value is -1.63. The van der Waals surface area contributed by atoms with Crippen molar-refractivity contribution in [2.24, 2.45) is 4.99 Å². The monoisotopic (exact) mass is 211 g/mol. The summed E-state index contributed by atoms with van der Waals surface area (Å²) in [4.78, 5) is 3.97. The molecule has 0 atom stereocenters. The van der Waals surface area contributed by atoms with Crippen LogP contribution < -0.4 is 0 Å². The maximum absolute atomic E-state index is 3.97. The van der Waals surface area contributed by atoms with E-state index in [4.69, 9.17) is 0 Å². The van der Waals surface area contributed by atoms with Gasteiger partial charge in [-0.3, -0.25) is 4.99 Å². The van der Waals surface area contributed by atoms with Gasteiger partial charge in [-0.05, 0) is 61.7 Å². The number of hydrogen-bond acceptors (Lipinski definition) is 1. The van der Waals surface area contributed by atoms with E-state index >= 15 is 0 Å². The molecule has 1 heteroatoms. The molecule has 0 aliphatic heterocycles. The van der Waals surface area contributed by atoms with E-state index in [1.54, 1.807) is 0 Å². The molecular weight excluding hydrogens is 194 g/mol. The zero-order valence-corrected chi connectivity index (χ0v) is 9.96. The predicted molar refractivity (Wildman–Crippen MR) is 70.8 cm³/mol. The van der Waals surface area contributed by atoms with E-state index < -0.39 is 0 Å². The first-order valence-electron chi connectivity index (χ1n) is 5.65. The van der Waals surface area contributed by atoms with Crippen molar-refractivity contribution in [1.29, 1.82) is 0 Å². The first-order chi connectivity index (χ1) is 7.70. The van der Waals surface area contributed by atoms with Crippen LogP contribution in [0.3, 0.4) is 0 Å². The third-order valence-electron chi connectivity index (χ3n) is 3.21. The fourth-order valence-electron chi connectivity index (χ4n) is 1.94. The highest BCUT2D eigenvalue weighted by Crippen LogP contribution is 2.28. The largest absolute Gasteiger partial charge is 0.269 e. The SMILES string of the molecule is C=NC1=CC=C(c2ccc(C)c(C)c2)CC1. The van der Waals surface area contributed by atoms with Crippen molar-refractivity contribution in [1.82, 2.24) is 0 Å². The highest BCUT2D eigenvalue weighted by Gasteiger charge is 2.07. The maximum atomic E-state index is 3.97. The minimum Gasteiger partial charge on any atom is -0.269 e. The van der Waals surface area contributed by atoms with Crippen molar-refractivity contribution in [3.8, 4) is 0 Å². The van der Waals surface area contributed by atoms with Gasteiger partial charge in [0.15, 0.2) is 0 Å². The first kappa shape index (κ1) is 10.9. The average Bonchev–Trinajstić information content (AvgIpc) is 2.33. The van der Waals surface area contributed by atoms with Crippen LogP contribution in [0, 0.1) is 13.8 Å². The van der Waals surface area contributed by atoms with E-state index in [0.29, 0.717) is 0 Å². The first-order valence-corrected chi connectivity index (χ1v) is 5.65. The molecule has 0 N–H and O–H groups in total. The molecule has 0 spiro atoms. The second-order valence-electron chi connectivity index (χ2n) is 4.31. The van der Waals surface area contributed by atoms with E-state index in [-0.39, 0.29) is 0 Å². The van der Waals surface area contributed by atoms with Crippen LogP contribution in [0.5, 0.6) is 0 Å². The Labute approximate surface area is 97.2 Å². The lowest BCUT2D eigenvalue weighted by Crippen LogP contribution is -1.93. The summed E-state index contributed by atoms with van der Waals surface area (Å²) in [5.41, 5.74) is 6.53. The minimum atomic E-state index is 1.00. The van der Waals surface area contributed by atoms with Crippen LogP contribution in [0.2, 0.25) is 0 Å². The van der Waals surface area contributed by atoms with Crippen LogP contribution in [0.15, 0.2) is 41.0 Å². The molecule has 0 saturated heterocycles. The summed E-state index contributed by atoms with van der Waals surface area (Å²) in [5, 5.41) is 0. The number of aliphatic imine (C=N–C) groups is 1. The predicted octanol–water partition coefficient (Wildman–Crippen LogP) is 4.07. The Balaban J connectivity index is 2.32. The van der Waals surface area contributed by atoms with Crippen molar-refractivity contribution < 1.29 is 0 Å². The third-order valence-corrected chi connectivity index (χ3v) is 3.21. The Morgan fingerprint density at radius 2 is 1.88 bits per heavy atom. The highest BCUT2D eigenvalue weighted by molar-refractivity contribution is 5.69. The average molecular weight is 211 g/mol. The van der Waals surface area contributed by atoms with Crippen molar-refractivity contribution in [2.75, 3.05) is 0 Å². The standard InChI is InChI=1S/C15H17N/c1-11-4-5-14(10-12(11)2)13-6-8-15(16-3)9-7-13/h4-6,8,10H,3,7,9H2,1-2H3. The van der Waals surface area contributed by atoms with Gasteiger partial charge in [-0.25, -0.2) is 0 Å². The smallest absolute Gasteiger partial charge is 0.0399 e. The number of benzene rings is 1. The van der Waals surface area contributed by atoms with Gasteiger partial charge in [0, 0.05) is 5.70 Å². The molecular formula is C15H17N.